The van der Waals surface area contributed by atoms with Crippen LogP contribution in [0.1, 0.15) is 24.9 Å². The van der Waals surface area contributed by atoms with E-state index in [1.807, 2.05) is 0 Å². The number of thioether (sulfide) groups is 1. The first-order valence-electron chi connectivity index (χ1n) is 6.22. The summed E-state index contributed by atoms with van der Waals surface area (Å²) in [5, 5.41) is 2.87. The fourth-order valence-electron chi connectivity index (χ4n) is 1.95. The van der Waals surface area contributed by atoms with E-state index in [9.17, 15) is 18.0 Å². The third-order valence-electron chi connectivity index (χ3n) is 3.38. The van der Waals surface area contributed by atoms with Crippen LogP contribution in [0.15, 0.2) is 23.1 Å². The van der Waals surface area contributed by atoms with Gasteiger partial charge in [0.25, 0.3) is 0 Å². The minimum absolute atomic E-state index is 0.474. The normalized spacial score (nSPS) is 21.3. The Hall–Kier alpha value is -0.920. The van der Waals surface area contributed by atoms with Gasteiger partial charge >= 0.3 is 6.18 Å². The van der Waals surface area contributed by atoms with E-state index in [-0.39, 0.29) is 0 Å². The largest absolute Gasteiger partial charge is 0.415 e. The second kappa shape index (κ2) is 5.70. The number of hydrogen-bond donors (Lipinski definition) is 2. The maximum Gasteiger partial charge on any atom is 0.415 e. The third-order valence-corrected chi connectivity index (χ3v) is 4.73. The Bertz CT molecular complexity index is 563. The van der Waals surface area contributed by atoms with Gasteiger partial charge in [-0.1, -0.05) is 11.6 Å². The third kappa shape index (κ3) is 3.30. The van der Waals surface area contributed by atoms with Crippen LogP contribution < -0.4 is 11.1 Å². The predicted molar refractivity (Wildman–Crippen MR) is 76.3 cm³/mol. The Labute approximate surface area is 129 Å². The molecule has 0 radical (unpaired) electrons. The molecule has 1 aromatic rings. The van der Waals surface area contributed by atoms with Crippen LogP contribution in [-0.2, 0) is 4.79 Å². The van der Waals surface area contributed by atoms with Gasteiger partial charge in [0, 0.05) is 15.7 Å². The van der Waals surface area contributed by atoms with Gasteiger partial charge in [0.2, 0.25) is 5.91 Å². The van der Waals surface area contributed by atoms with Crippen molar-refractivity contribution < 1.29 is 18.0 Å². The Morgan fingerprint density at radius 3 is 2.76 bits per heavy atom. The van der Waals surface area contributed by atoms with Crippen molar-refractivity contribution in [3.05, 3.63) is 28.8 Å². The molecule has 2 unspecified atom stereocenters. The standard InChI is InChI=1S/C13H14ClF3N2OS/c1-12(18,13(15,16)17)11(20)19-9-4-5-21-10-3-2-7(14)6-8(9)10/h2-3,6,9H,4-5,18H2,1H3,(H,19,20). The minimum atomic E-state index is -4.81. The van der Waals surface area contributed by atoms with Crippen molar-refractivity contribution in [3.8, 4) is 0 Å². The molecule has 0 aromatic heterocycles. The molecule has 1 heterocycles. The summed E-state index contributed by atoms with van der Waals surface area (Å²) in [7, 11) is 0. The number of carbonyl (C=O) groups excluding carboxylic acids is 1. The highest BCUT2D eigenvalue weighted by Crippen LogP contribution is 2.38. The number of alkyl halides is 3. The van der Waals surface area contributed by atoms with Crippen molar-refractivity contribution in [1.82, 2.24) is 5.32 Å². The lowest BCUT2D eigenvalue weighted by Crippen LogP contribution is -2.61. The zero-order valence-corrected chi connectivity index (χ0v) is 12.7. The van der Waals surface area contributed by atoms with Crippen molar-refractivity contribution in [1.29, 1.82) is 0 Å². The Kier molecular flexibility index (Phi) is 4.46. The number of hydrogen-bond acceptors (Lipinski definition) is 3. The summed E-state index contributed by atoms with van der Waals surface area (Å²) >= 11 is 7.49. The second-order valence-electron chi connectivity index (χ2n) is 5.05. The molecule has 21 heavy (non-hydrogen) atoms. The van der Waals surface area contributed by atoms with Gasteiger partial charge in [-0.05, 0) is 37.1 Å². The van der Waals surface area contributed by atoms with Crippen LogP contribution in [0, 0.1) is 0 Å². The molecule has 0 spiro atoms. The Balaban J connectivity index is 2.23. The summed E-state index contributed by atoms with van der Waals surface area (Å²) in [6, 6.07) is 4.65. The molecule has 1 amide bonds. The van der Waals surface area contributed by atoms with Gasteiger partial charge in [0.1, 0.15) is 0 Å². The molecule has 8 heteroatoms. The van der Waals surface area contributed by atoms with Crippen molar-refractivity contribution in [2.24, 2.45) is 5.73 Å². The molecular weight excluding hydrogens is 325 g/mol. The maximum absolute atomic E-state index is 12.8. The SMILES string of the molecule is CC(N)(C(=O)NC1CCSc2ccc(Cl)cc21)C(F)(F)F. The van der Waals surface area contributed by atoms with Crippen LogP contribution in [0.5, 0.6) is 0 Å². The van der Waals surface area contributed by atoms with Gasteiger partial charge in [-0.2, -0.15) is 13.2 Å². The molecular formula is C13H14ClF3N2OS. The zero-order chi connectivity index (χ0) is 15.8. The molecule has 0 saturated carbocycles. The van der Waals surface area contributed by atoms with E-state index < -0.39 is 23.7 Å². The van der Waals surface area contributed by atoms with Gasteiger partial charge in [-0.15, -0.1) is 11.8 Å². The molecule has 0 aliphatic carbocycles. The zero-order valence-electron chi connectivity index (χ0n) is 11.1. The molecule has 3 N–H and O–H groups in total. The van der Waals surface area contributed by atoms with Crippen molar-refractivity contribution in [2.75, 3.05) is 5.75 Å². The number of halogens is 4. The summed E-state index contributed by atoms with van der Waals surface area (Å²) in [4.78, 5) is 12.8. The molecule has 3 nitrogen and oxygen atoms in total. The van der Waals surface area contributed by atoms with Gasteiger partial charge < -0.3 is 11.1 Å². The topological polar surface area (TPSA) is 55.1 Å². The summed E-state index contributed by atoms with van der Waals surface area (Å²) in [5.41, 5.74) is 2.94. The predicted octanol–water partition coefficient (Wildman–Crippen LogP) is 3.27. The van der Waals surface area contributed by atoms with Crippen molar-refractivity contribution in [2.45, 2.75) is 36.0 Å². The van der Waals surface area contributed by atoms with E-state index in [0.29, 0.717) is 24.1 Å². The molecule has 2 rings (SSSR count). The molecule has 1 aliphatic heterocycles. The highest BCUT2D eigenvalue weighted by Gasteiger charge is 2.54. The average Bonchev–Trinajstić information content (AvgIpc) is 2.38. The number of nitrogens with one attached hydrogen (secondary N) is 1. The summed E-state index contributed by atoms with van der Waals surface area (Å²) in [5.74, 6) is -0.537. The van der Waals surface area contributed by atoms with Gasteiger partial charge in [0.15, 0.2) is 5.54 Å². The molecule has 0 fully saturated rings. The molecule has 1 aliphatic rings. The van der Waals surface area contributed by atoms with Crippen LogP contribution in [0.3, 0.4) is 0 Å². The van der Waals surface area contributed by atoms with Gasteiger partial charge in [-0.25, -0.2) is 0 Å². The Morgan fingerprint density at radius 2 is 2.14 bits per heavy atom. The van der Waals surface area contributed by atoms with Crippen molar-refractivity contribution in [3.63, 3.8) is 0 Å². The fraction of sp³-hybridized carbons (Fsp3) is 0.462. The number of amides is 1. The summed E-state index contributed by atoms with van der Waals surface area (Å²) in [6.07, 6.45) is -4.28. The van der Waals surface area contributed by atoms with Crippen LogP contribution >= 0.6 is 23.4 Å². The van der Waals surface area contributed by atoms with Crippen LogP contribution in [0.25, 0.3) is 0 Å². The first-order valence-corrected chi connectivity index (χ1v) is 7.58. The van der Waals surface area contributed by atoms with E-state index in [4.69, 9.17) is 17.3 Å². The fourth-order valence-corrected chi connectivity index (χ4v) is 3.24. The lowest BCUT2D eigenvalue weighted by molar-refractivity contribution is -0.187. The minimum Gasteiger partial charge on any atom is -0.347 e. The lowest BCUT2D eigenvalue weighted by Gasteiger charge is -2.31. The van der Waals surface area contributed by atoms with Crippen LogP contribution in [0.2, 0.25) is 5.02 Å². The van der Waals surface area contributed by atoms with Crippen molar-refractivity contribution >= 4 is 29.3 Å². The second-order valence-corrected chi connectivity index (χ2v) is 6.62. The highest BCUT2D eigenvalue weighted by molar-refractivity contribution is 7.99. The maximum atomic E-state index is 12.8. The quantitative estimate of drug-likeness (QED) is 0.870. The van der Waals surface area contributed by atoms with Crippen LogP contribution in [-0.4, -0.2) is 23.4 Å². The first-order chi connectivity index (χ1) is 9.63. The highest BCUT2D eigenvalue weighted by atomic mass is 35.5. The number of fused-ring (bicyclic) bond motifs is 1. The van der Waals surface area contributed by atoms with E-state index in [2.05, 4.69) is 5.32 Å². The number of benzene rings is 1. The molecule has 116 valence electrons. The van der Waals surface area contributed by atoms with E-state index in [0.717, 1.165) is 10.5 Å². The van der Waals surface area contributed by atoms with Crippen LogP contribution in [0.4, 0.5) is 13.2 Å². The van der Waals surface area contributed by atoms with E-state index in [1.54, 1.807) is 30.0 Å². The molecule has 0 bridgehead atoms. The number of carbonyl (C=O) groups is 1. The molecule has 2 atom stereocenters. The van der Waals surface area contributed by atoms with Gasteiger partial charge in [0.05, 0.1) is 6.04 Å². The smallest absolute Gasteiger partial charge is 0.347 e. The summed E-state index contributed by atoms with van der Waals surface area (Å²) in [6.45, 7) is 0.665. The van der Waals surface area contributed by atoms with E-state index >= 15 is 0 Å². The van der Waals surface area contributed by atoms with E-state index in [1.165, 1.54) is 0 Å². The lowest BCUT2D eigenvalue weighted by atomic mass is 9.98. The average molecular weight is 339 g/mol. The number of nitrogens with two attached hydrogens (primary N) is 1. The van der Waals surface area contributed by atoms with Gasteiger partial charge in [-0.3, -0.25) is 4.79 Å². The Morgan fingerprint density at radius 1 is 1.48 bits per heavy atom. The summed E-state index contributed by atoms with van der Waals surface area (Å²) < 4.78 is 38.4. The number of rotatable bonds is 2. The molecule has 1 aromatic carbocycles. The first kappa shape index (κ1) is 16.5. The monoisotopic (exact) mass is 338 g/mol. The molecule has 0 saturated heterocycles.